The fourth-order valence-corrected chi connectivity index (χ4v) is 2.26. The maximum atomic E-state index is 12.8. The Morgan fingerprint density at radius 1 is 1.15 bits per heavy atom. The number of carbonyl (C=O) groups excluding carboxylic acids is 2. The Balaban J connectivity index is 2.09. The first-order valence-corrected chi connectivity index (χ1v) is 7.04. The highest BCUT2D eigenvalue weighted by atomic mass is 19.3. The van der Waals surface area contributed by atoms with Gasteiger partial charge in [-0.05, 0) is 12.3 Å². The van der Waals surface area contributed by atoms with Gasteiger partial charge in [0.1, 0.15) is 0 Å². The molecule has 1 aliphatic rings. The summed E-state index contributed by atoms with van der Waals surface area (Å²) in [5.41, 5.74) is 4.84. The molecule has 0 aromatic carbocycles. The first-order chi connectivity index (χ1) is 9.43. The van der Waals surface area contributed by atoms with Gasteiger partial charge >= 0.3 is 0 Å². The number of carbonyl (C=O) groups is 2. The van der Waals surface area contributed by atoms with E-state index in [-0.39, 0.29) is 12.5 Å². The molecule has 0 aromatic heterocycles. The zero-order valence-corrected chi connectivity index (χ0v) is 11.6. The fourth-order valence-electron chi connectivity index (χ4n) is 2.26. The van der Waals surface area contributed by atoms with Crippen LogP contribution in [0.3, 0.4) is 0 Å². The molecular formula is C13H23F2N3O2. The lowest BCUT2D eigenvalue weighted by Gasteiger charge is -2.14. The summed E-state index contributed by atoms with van der Waals surface area (Å²) in [5.74, 6) is -3.34. The van der Waals surface area contributed by atoms with Crippen LogP contribution in [-0.2, 0) is 9.59 Å². The lowest BCUT2D eigenvalue weighted by molar-refractivity contribution is -0.127. The minimum atomic E-state index is -3.11. The molecule has 0 spiro atoms. The van der Waals surface area contributed by atoms with Gasteiger partial charge in [-0.25, -0.2) is 8.78 Å². The van der Waals surface area contributed by atoms with Gasteiger partial charge in [0, 0.05) is 6.42 Å². The molecule has 0 aromatic rings. The van der Waals surface area contributed by atoms with E-state index in [2.05, 4.69) is 5.32 Å². The van der Waals surface area contributed by atoms with E-state index in [1.165, 1.54) is 25.7 Å². The Kier molecular flexibility index (Phi) is 6.84. The van der Waals surface area contributed by atoms with Crippen LogP contribution in [-0.4, -0.2) is 37.4 Å². The van der Waals surface area contributed by atoms with Gasteiger partial charge in [-0.15, -0.1) is 0 Å². The average Bonchev–Trinajstić information content (AvgIpc) is 2.94. The third-order valence-electron chi connectivity index (χ3n) is 3.54. The van der Waals surface area contributed by atoms with Gasteiger partial charge in [-0.3, -0.25) is 9.59 Å². The second-order valence-electron chi connectivity index (χ2n) is 5.30. The SMILES string of the molecule is NCC(F)(F)CNC(=O)CNC(=O)CCC1CCCC1. The standard InChI is InChI=1S/C13H23F2N3O2/c14-13(15,8-16)9-18-12(20)7-17-11(19)6-5-10-3-1-2-4-10/h10H,1-9,16H2,(H,17,19)(H,18,20). The van der Waals surface area contributed by atoms with E-state index in [0.717, 1.165) is 6.42 Å². The molecule has 0 atom stereocenters. The number of amides is 2. The van der Waals surface area contributed by atoms with Crippen molar-refractivity contribution in [2.45, 2.75) is 44.4 Å². The minimum Gasteiger partial charge on any atom is -0.348 e. The van der Waals surface area contributed by atoms with Gasteiger partial charge in [-0.2, -0.15) is 0 Å². The largest absolute Gasteiger partial charge is 0.348 e. The van der Waals surface area contributed by atoms with E-state index in [1.54, 1.807) is 0 Å². The number of alkyl halides is 2. The zero-order chi connectivity index (χ0) is 15.0. The van der Waals surface area contributed by atoms with Crippen molar-refractivity contribution in [3.8, 4) is 0 Å². The van der Waals surface area contributed by atoms with E-state index in [0.29, 0.717) is 12.3 Å². The van der Waals surface area contributed by atoms with Crippen molar-refractivity contribution in [1.29, 1.82) is 0 Å². The third-order valence-corrected chi connectivity index (χ3v) is 3.54. The maximum absolute atomic E-state index is 12.8. The van der Waals surface area contributed by atoms with Gasteiger partial charge in [-0.1, -0.05) is 25.7 Å². The molecule has 0 bridgehead atoms. The van der Waals surface area contributed by atoms with Crippen molar-refractivity contribution in [3.63, 3.8) is 0 Å². The number of halogens is 2. The van der Waals surface area contributed by atoms with Crippen molar-refractivity contribution < 1.29 is 18.4 Å². The summed E-state index contributed by atoms with van der Waals surface area (Å²) in [6.45, 7) is -1.90. The Labute approximate surface area is 117 Å². The van der Waals surface area contributed by atoms with Crippen molar-refractivity contribution in [2.75, 3.05) is 19.6 Å². The van der Waals surface area contributed by atoms with Crippen LogP contribution < -0.4 is 16.4 Å². The molecule has 0 heterocycles. The van der Waals surface area contributed by atoms with Gasteiger partial charge < -0.3 is 16.4 Å². The molecule has 20 heavy (non-hydrogen) atoms. The van der Waals surface area contributed by atoms with Crippen LogP contribution in [0.5, 0.6) is 0 Å². The van der Waals surface area contributed by atoms with E-state index >= 15 is 0 Å². The molecule has 1 rings (SSSR count). The van der Waals surface area contributed by atoms with Crippen LogP contribution >= 0.6 is 0 Å². The van der Waals surface area contributed by atoms with Crippen LogP contribution in [0.25, 0.3) is 0 Å². The Morgan fingerprint density at radius 2 is 1.80 bits per heavy atom. The molecule has 1 saturated carbocycles. The minimum absolute atomic E-state index is 0.211. The van der Waals surface area contributed by atoms with Gasteiger partial charge in [0.25, 0.3) is 5.92 Å². The number of nitrogens with one attached hydrogen (secondary N) is 2. The molecule has 1 fully saturated rings. The van der Waals surface area contributed by atoms with Crippen molar-refractivity contribution >= 4 is 11.8 Å². The van der Waals surface area contributed by atoms with Crippen molar-refractivity contribution in [3.05, 3.63) is 0 Å². The second-order valence-corrected chi connectivity index (χ2v) is 5.30. The van der Waals surface area contributed by atoms with E-state index in [9.17, 15) is 18.4 Å². The summed E-state index contributed by atoms with van der Waals surface area (Å²) < 4.78 is 25.6. The smallest absolute Gasteiger partial charge is 0.277 e. The molecule has 2 amide bonds. The number of hydrogen-bond donors (Lipinski definition) is 3. The summed E-state index contributed by atoms with van der Waals surface area (Å²) in [6.07, 6.45) is 6.01. The monoisotopic (exact) mass is 291 g/mol. The summed E-state index contributed by atoms with van der Waals surface area (Å²) in [7, 11) is 0. The summed E-state index contributed by atoms with van der Waals surface area (Å²) >= 11 is 0. The lowest BCUT2D eigenvalue weighted by Crippen LogP contribution is -2.45. The first-order valence-electron chi connectivity index (χ1n) is 7.04. The average molecular weight is 291 g/mol. The molecule has 0 radical (unpaired) electrons. The Morgan fingerprint density at radius 3 is 2.40 bits per heavy atom. The molecule has 0 aliphatic heterocycles. The highest BCUT2D eigenvalue weighted by molar-refractivity contribution is 5.84. The van der Waals surface area contributed by atoms with Crippen LogP contribution in [0.2, 0.25) is 0 Å². The first kappa shape index (κ1) is 16.8. The third kappa shape index (κ3) is 6.79. The summed E-state index contributed by atoms with van der Waals surface area (Å²) in [4.78, 5) is 22.8. The number of rotatable bonds is 8. The quantitative estimate of drug-likeness (QED) is 0.618. The van der Waals surface area contributed by atoms with Gasteiger partial charge in [0.2, 0.25) is 11.8 Å². The number of nitrogens with two attached hydrogens (primary N) is 1. The molecule has 7 heteroatoms. The molecule has 0 saturated heterocycles. The van der Waals surface area contributed by atoms with E-state index < -0.39 is 24.9 Å². The van der Waals surface area contributed by atoms with Gasteiger partial charge in [0.15, 0.2) is 0 Å². The highest BCUT2D eigenvalue weighted by Gasteiger charge is 2.27. The van der Waals surface area contributed by atoms with Crippen molar-refractivity contribution in [2.24, 2.45) is 11.7 Å². The molecule has 116 valence electrons. The van der Waals surface area contributed by atoms with Crippen LogP contribution in [0, 0.1) is 5.92 Å². The fraction of sp³-hybridized carbons (Fsp3) is 0.846. The normalized spacial score (nSPS) is 16.1. The highest BCUT2D eigenvalue weighted by Crippen LogP contribution is 2.28. The van der Waals surface area contributed by atoms with Gasteiger partial charge in [0.05, 0.1) is 19.6 Å². The molecule has 5 nitrogen and oxygen atoms in total. The predicted molar refractivity (Wildman–Crippen MR) is 71.2 cm³/mol. The predicted octanol–water partition coefficient (Wildman–Crippen LogP) is 0.783. The molecule has 0 unspecified atom stereocenters. The summed E-state index contributed by atoms with van der Waals surface area (Å²) in [6, 6.07) is 0. The topological polar surface area (TPSA) is 84.2 Å². The van der Waals surface area contributed by atoms with Crippen molar-refractivity contribution in [1.82, 2.24) is 10.6 Å². The second kappa shape index (κ2) is 8.14. The molecule has 1 aliphatic carbocycles. The molecular weight excluding hydrogens is 268 g/mol. The maximum Gasteiger partial charge on any atom is 0.277 e. The van der Waals surface area contributed by atoms with E-state index in [1.807, 2.05) is 5.32 Å². The van der Waals surface area contributed by atoms with Crippen LogP contribution in [0.1, 0.15) is 38.5 Å². The van der Waals surface area contributed by atoms with E-state index in [4.69, 9.17) is 5.73 Å². The van der Waals surface area contributed by atoms with Crippen LogP contribution in [0.4, 0.5) is 8.78 Å². The zero-order valence-electron chi connectivity index (χ0n) is 11.6. The Bertz CT molecular complexity index is 332. The lowest BCUT2D eigenvalue weighted by atomic mass is 10.0. The van der Waals surface area contributed by atoms with Crippen LogP contribution in [0.15, 0.2) is 0 Å². The molecule has 4 N–H and O–H groups in total. The summed E-state index contributed by atoms with van der Waals surface area (Å²) in [5, 5.41) is 4.48. The Hall–Kier alpha value is -1.24. The number of hydrogen-bond acceptors (Lipinski definition) is 3.